The number of nitrogens with zero attached hydrogens (tertiary/aromatic N) is 4. The van der Waals surface area contributed by atoms with Crippen LogP contribution in [0.5, 0.6) is 6.01 Å². The maximum atomic E-state index is 16.7. The van der Waals surface area contributed by atoms with Crippen molar-refractivity contribution in [2.75, 3.05) is 37.7 Å². The smallest absolute Gasteiger partial charge is 0.319 e. The van der Waals surface area contributed by atoms with Crippen LogP contribution in [0, 0.1) is 5.82 Å². The third-order valence-corrected chi connectivity index (χ3v) is 9.59. The zero-order valence-electron chi connectivity index (χ0n) is 23.4. The Kier molecular flexibility index (Phi) is 7.30. The van der Waals surface area contributed by atoms with E-state index in [-0.39, 0.29) is 17.1 Å². The molecule has 41 heavy (non-hydrogen) atoms. The maximum Gasteiger partial charge on any atom is 0.319 e. The Morgan fingerprint density at radius 2 is 1.49 bits per heavy atom. The van der Waals surface area contributed by atoms with Crippen LogP contribution in [0.4, 0.5) is 10.2 Å². The third kappa shape index (κ3) is 5.06. The number of hydrogen-bond acceptors (Lipinski definition) is 5. The van der Waals surface area contributed by atoms with Gasteiger partial charge in [0.1, 0.15) is 17.9 Å². The van der Waals surface area contributed by atoms with Crippen LogP contribution in [0.2, 0.25) is 5.02 Å². The zero-order chi connectivity index (χ0) is 27.8. The molecule has 7 heteroatoms. The molecule has 4 aromatic rings. The Morgan fingerprint density at radius 1 is 0.780 bits per heavy atom. The lowest BCUT2D eigenvalue weighted by atomic mass is 9.95. The van der Waals surface area contributed by atoms with Gasteiger partial charge in [0.25, 0.3) is 0 Å². The van der Waals surface area contributed by atoms with Gasteiger partial charge in [-0.05, 0) is 80.4 Å². The molecule has 0 spiro atoms. The second-order valence-electron chi connectivity index (χ2n) is 11.8. The van der Waals surface area contributed by atoms with Gasteiger partial charge in [-0.2, -0.15) is 9.97 Å². The van der Waals surface area contributed by atoms with Crippen molar-refractivity contribution in [3.63, 3.8) is 0 Å². The van der Waals surface area contributed by atoms with Gasteiger partial charge in [0.2, 0.25) is 0 Å². The lowest BCUT2D eigenvalue weighted by Gasteiger charge is -2.31. The Hall–Kier alpha value is -3.22. The number of benzene rings is 3. The van der Waals surface area contributed by atoms with Crippen molar-refractivity contribution < 1.29 is 9.13 Å². The number of fused-ring (bicyclic) bond motifs is 2. The largest absolute Gasteiger partial charge is 0.461 e. The lowest BCUT2D eigenvalue weighted by Crippen LogP contribution is -2.43. The van der Waals surface area contributed by atoms with Crippen LogP contribution in [0.25, 0.3) is 33.2 Å². The molecule has 0 unspecified atom stereocenters. The van der Waals surface area contributed by atoms with E-state index in [2.05, 4.69) is 21.9 Å². The molecule has 0 saturated carbocycles. The van der Waals surface area contributed by atoms with Crippen molar-refractivity contribution in [1.82, 2.24) is 14.9 Å². The van der Waals surface area contributed by atoms with Crippen LogP contribution in [0.15, 0.2) is 60.7 Å². The summed E-state index contributed by atoms with van der Waals surface area (Å²) in [4.78, 5) is 14.5. The molecule has 3 aromatic carbocycles. The van der Waals surface area contributed by atoms with Crippen LogP contribution in [-0.2, 0) is 0 Å². The summed E-state index contributed by atoms with van der Waals surface area (Å²) in [6.07, 6.45) is 9.20. The molecule has 3 aliphatic heterocycles. The van der Waals surface area contributed by atoms with Crippen molar-refractivity contribution in [2.24, 2.45) is 0 Å². The monoisotopic (exact) mass is 570 g/mol. The zero-order valence-corrected chi connectivity index (χ0v) is 24.2. The summed E-state index contributed by atoms with van der Waals surface area (Å²) < 4.78 is 23.0. The molecule has 0 amide bonds. The van der Waals surface area contributed by atoms with Crippen molar-refractivity contribution >= 4 is 28.3 Å². The average Bonchev–Trinajstić information content (AvgIpc) is 3.46. The summed E-state index contributed by atoms with van der Waals surface area (Å²) in [6.45, 7) is 4.55. The second-order valence-corrected chi connectivity index (χ2v) is 12.2. The molecule has 212 valence electrons. The van der Waals surface area contributed by atoms with Crippen LogP contribution in [0.1, 0.15) is 51.4 Å². The highest BCUT2D eigenvalue weighted by atomic mass is 35.5. The molecular weight excluding hydrogens is 535 g/mol. The SMILES string of the molecule is Fc1c(-c2cccc(-c3ccccc3)c2)c(Cl)cc2c(N3CCCCCC3)nc(OCC34CCCN3CCC4)nc12. The van der Waals surface area contributed by atoms with Gasteiger partial charge in [-0.1, -0.05) is 73.0 Å². The summed E-state index contributed by atoms with van der Waals surface area (Å²) in [7, 11) is 0. The van der Waals surface area contributed by atoms with E-state index >= 15 is 4.39 Å². The fourth-order valence-corrected chi connectivity index (χ4v) is 7.46. The van der Waals surface area contributed by atoms with E-state index in [0.717, 1.165) is 74.4 Å². The molecule has 3 fully saturated rings. The van der Waals surface area contributed by atoms with E-state index in [9.17, 15) is 0 Å². The molecule has 0 radical (unpaired) electrons. The summed E-state index contributed by atoms with van der Waals surface area (Å²) in [5, 5.41) is 1.01. The van der Waals surface area contributed by atoms with Gasteiger partial charge >= 0.3 is 6.01 Å². The van der Waals surface area contributed by atoms with Crippen molar-refractivity contribution in [2.45, 2.75) is 56.9 Å². The first-order valence-corrected chi connectivity index (χ1v) is 15.5. The number of anilines is 1. The summed E-state index contributed by atoms with van der Waals surface area (Å²) in [5.41, 5.74) is 3.49. The first-order valence-electron chi connectivity index (χ1n) is 15.1. The Balaban J connectivity index is 1.32. The van der Waals surface area contributed by atoms with Crippen LogP contribution in [-0.4, -0.2) is 53.2 Å². The van der Waals surface area contributed by atoms with Gasteiger partial charge in [-0.3, -0.25) is 4.90 Å². The maximum absolute atomic E-state index is 16.7. The molecule has 3 aliphatic rings. The lowest BCUT2D eigenvalue weighted by molar-refractivity contribution is 0.108. The second kappa shape index (κ2) is 11.2. The molecule has 0 atom stereocenters. The minimum atomic E-state index is -0.428. The van der Waals surface area contributed by atoms with Crippen molar-refractivity contribution in [3.05, 3.63) is 71.5 Å². The minimum Gasteiger partial charge on any atom is -0.461 e. The highest BCUT2D eigenvalue weighted by Gasteiger charge is 2.45. The van der Waals surface area contributed by atoms with Gasteiger partial charge < -0.3 is 9.64 Å². The fraction of sp³-hybridized carbons (Fsp3) is 0.412. The number of ether oxygens (including phenoxy) is 1. The molecule has 5 nitrogen and oxygen atoms in total. The molecular formula is C34H36ClFN4O. The Morgan fingerprint density at radius 3 is 2.24 bits per heavy atom. The van der Waals surface area contributed by atoms with Crippen LogP contribution < -0.4 is 9.64 Å². The Labute approximate surface area is 246 Å². The quantitative estimate of drug-likeness (QED) is 0.234. The fourth-order valence-electron chi connectivity index (χ4n) is 7.16. The van der Waals surface area contributed by atoms with Gasteiger partial charge in [-0.15, -0.1) is 0 Å². The molecule has 0 aliphatic carbocycles. The summed E-state index contributed by atoms with van der Waals surface area (Å²) in [5.74, 6) is 0.298. The molecule has 3 saturated heterocycles. The standard InChI is InChI=1S/C34H36ClFN4O/c35-28-22-27-31(30(36)29(28)26-14-8-13-25(21-26)24-11-4-3-5-12-24)37-33(38-32(27)39-17-6-1-2-7-18-39)41-23-34-15-9-19-40(34)20-10-16-34/h3-5,8,11-14,21-22H,1-2,6-7,9-10,15-20,23H2. The third-order valence-electron chi connectivity index (χ3n) is 9.29. The molecule has 0 N–H and O–H groups in total. The van der Waals surface area contributed by atoms with Gasteiger partial charge in [0.05, 0.1) is 10.6 Å². The molecule has 4 heterocycles. The van der Waals surface area contributed by atoms with E-state index in [1.54, 1.807) is 0 Å². The highest BCUT2D eigenvalue weighted by molar-refractivity contribution is 6.34. The number of rotatable bonds is 6. The minimum absolute atomic E-state index is 0.0582. The van der Waals surface area contributed by atoms with Gasteiger partial charge in [-0.25, -0.2) is 4.39 Å². The number of aromatic nitrogens is 2. The normalized spacial score (nSPS) is 18.9. The summed E-state index contributed by atoms with van der Waals surface area (Å²) >= 11 is 6.88. The summed E-state index contributed by atoms with van der Waals surface area (Å²) in [6, 6.07) is 20.1. The van der Waals surface area contributed by atoms with E-state index < -0.39 is 5.82 Å². The van der Waals surface area contributed by atoms with Gasteiger partial charge in [0.15, 0.2) is 5.82 Å². The topological polar surface area (TPSA) is 41.5 Å². The predicted octanol–water partition coefficient (Wildman–Crippen LogP) is 8.14. The van der Waals surface area contributed by atoms with E-state index in [1.807, 2.05) is 48.5 Å². The molecule has 0 bridgehead atoms. The van der Waals surface area contributed by atoms with Gasteiger partial charge in [0, 0.05) is 24.0 Å². The van der Waals surface area contributed by atoms with E-state index in [1.165, 1.54) is 25.7 Å². The van der Waals surface area contributed by atoms with E-state index in [0.29, 0.717) is 22.6 Å². The Bertz CT molecular complexity index is 1540. The number of hydrogen-bond donors (Lipinski definition) is 0. The highest BCUT2D eigenvalue weighted by Crippen LogP contribution is 2.42. The number of halogens is 2. The average molecular weight is 571 g/mol. The van der Waals surface area contributed by atoms with Crippen LogP contribution >= 0.6 is 11.6 Å². The van der Waals surface area contributed by atoms with Crippen molar-refractivity contribution in [3.8, 4) is 28.3 Å². The molecule has 7 rings (SSSR count). The first kappa shape index (κ1) is 26.7. The first-order chi connectivity index (χ1) is 20.1. The van der Waals surface area contributed by atoms with E-state index in [4.69, 9.17) is 26.3 Å². The van der Waals surface area contributed by atoms with Crippen molar-refractivity contribution in [1.29, 1.82) is 0 Å². The van der Waals surface area contributed by atoms with Crippen LogP contribution in [0.3, 0.4) is 0 Å². The molecule has 1 aromatic heterocycles. The predicted molar refractivity (Wildman–Crippen MR) is 164 cm³/mol.